The van der Waals surface area contributed by atoms with Crippen molar-refractivity contribution in [3.8, 4) is 0 Å². The Morgan fingerprint density at radius 1 is 1.19 bits per heavy atom. The Balaban J connectivity index is 2.47. The van der Waals surface area contributed by atoms with Gasteiger partial charge in [-0.15, -0.1) is 0 Å². The van der Waals surface area contributed by atoms with Crippen LogP contribution in [0, 0.1) is 5.92 Å². The van der Waals surface area contributed by atoms with Crippen LogP contribution in [0.4, 0.5) is 0 Å². The summed E-state index contributed by atoms with van der Waals surface area (Å²) in [5, 5.41) is 11.3. The molecule has 4 nitrogen and oxygen atoms in total. The van der Waals surface area contributed by atoms with Crippen molar-refractivity contribution in [3.63, 3.8) is 0 Å². The molecule has 1 amide bonds. The van der Waals surface area contributed by atoms with Crippen molar-refractivity contribution < 1.29 is 14.1 Å². The number of carbonyl (C=O) groups excluding carboxylic acids is 1. The minimum Gasteiger partial charge on any atom is -0.392 e. The SMILES string of the molecule is CC(C)CCNC(=O)C(C)S(=O)Cc1ccc(CO)cc1. The molecule has 0 heterocycles. The molecule has 0 aliphatic rings. The van der Waals surface area contributed by atoms with E-state index in [4.69, 9.17) is 5.11 Å². The van der Waals surface area contributed by atoms with E-state index < -0.39 is 16.0 Å². The highest BCUT2D eigenvalue weighted by molar-refractivity contribution is 7.85. The van der Waals surface area contributed by atoms with Gasteiger partial charge >= 0.3 is 0 Å². The standard InChI is InChI=1S/C16H25NO3S/c1-12(2)8-9-17-16(19)13(3)21(20)11-15-6-4-14(10-18)5-7-15/h4-7,12-13,18H,8-11H2,1-3H3,(H,17,19). The zero-order valence-corrected chi connectivity index (χ0v) is 13.8. The van der Waals surface area contributed by atoms with Crippen LogP contribution in [-0.2, 0) is 28.0 Å². The maximum absolute atomic E-state index is 12.2. The van der Waals surface area contributed by atoms with E-state index in [1.54, 1.807) is 19.1 Å². The Morgan fingerprint density at radius 2 is 1.76 bits per heavy atom. The number of nitrogens with one attached hydrogen (secondary N) is 1. The molecule has 1 rings (SSSR count). The van der Waals surface area contributed by atoms with Gasteiger partial charge in [0.25, 0.3) is 0 Å². The fourth-order valence-electron chi connectivity index (χ4n) is 1.78. The second kappa shape index (κ2) is 8.95. The molecular formula is C16H25NO3S. The van der Waals surface area contributed by atoms with E-state index in [9.17, 15) is 9.00 Å². The van der Waals surface area contributed by atoms with E-state index in [0.717, 1.165) is 17.5 Å². The van der Waals surface area contributed by atoms with Crippen LogP contribution in [0.2, 0.25) is 0 Å². The topological polar surface area (TPSA) is 66.4 Å². The molecular weight excluding hydrogens is 286 g/mol. The van der Waals surface area contributed by atoms with Crippen molar-refractivity contribution in [1.29, 1.82) is 0 Å². The number of aliphatic hydroxyl groups excluding tert-OH is 1. The Bertz CT molecular complexity index is 471. The summed E-state index contributed by atoms with van der Waals surface area (Å²) in [6.45, 7) is 6.53. The largest absolute Gasteiger partial charge is 0.392 e. The van der Waals surface area contributed by atoms with Crippen molar-refractivity contribution in [1.82, 2.24) is 5.32 Å². The predicted octanol–water partition coefficient (Wildman–Crippen LogP) is 1.98. The van der Waals surface area contributed by atoms with Gasteiger partial charge in [0.2, 0.25) is 5.91 Å². The number of carbonyl (C=O) groups is 1. The Kier molecular flexibility index (Phi) is 7.61. The minimum absolute atomic E-state index is 0.00196. The van der Waals surface area contributed by atoms with Crippen molar-refractivity contribution >= 4 is 16.7 Å². The molecule has 1 aromatic carbocycles. The molecule has 0 saturated heterocycles. The van der Waals surface area contributed by atoms with Crippen LogP contribution in [0.25, 0.3) is 0 Å². The normalized spacial score (nSPS) is 14.0. The van der Waals surface area contributed by atoms with Crippen molar-refractivity contribution in [2.75, 3.05) is 6.54 Å². The smallest absolute Gasteiger partial charge is 0.235 e. The van der Waals surface area contributed by atoms with Crippen LogP contribution in [0.5, 0.6) is 0 Å². The van der Waals surface area contributed by atoms with E-state index in [1.807, 2.05) is 12.1 Å². The Hall–Kier alpha value is -1.20. The van der Waals surface area contributed by atoms with Crippen molar-refractivity contribution in [2.45, 2.75) is 44.8 Å². The zero-order valence-electron chi connectivity index (χ0n) is 13.0. The lowest BCUT2D eigenvalue weighted by molar-refractivity contribution is -0.120. The van der Waals surface area contributed by atoms with Gasteiger partial charge < -0.3 is 10.4 Å². The summed E-state index contributed by atoms with van der Waals surface area (Å²) in [6, 6.07) is 7.29. The summed E-state index contributed by atoms with van der Waals surface area (Å²) in [6.07, 6.45) is 0.924. The highest BCUT2D eigenvalue weighted by atomic mass is 32.2. The Morgan fingerprint density at radius 3 is 2.29 bits per heavy atom. The second-order valence-electron chi connectivity index (χ2n) is 5.62. The van der Waals surface area contributed by atoms with Crippen molar-refractivity contribution in [3.05, 3.63) is 35.4 Å². The number of amides is 1. The summed E-state index contributed by atoms with van der Waals surface area (Å²) < 4.78 is 12.2. The van der Waals surface area contributed by atoms with Crippen molar-refractivity contribution in [2.24, 2.45) is 5.92 Å². The first-order valence-corrected chi connectivity index (χ1v) is 8.65. The van der Waals surface area contributed by atoms with Crippen LogP contribution in [0.3, 0.4) is 0 Å². The van der Waals surface area contributed by atoms with E-state index in [2.05, 4.69) is 19.2 Å². The lowest BCUT2D eigenvalue weighted by Crippen LogP contribution is -2.36. The molecule has 21 heavy (non-hydrogen) atoms. The summed E-state index contributed by atoms with van der Waals surface area (Å²) >= 11 is 0. The molecule has 0 aliphatic heterocycles. The zero-order chi connectivity index (χ0) is 15.8. The summed E-state index contributed by atoms with van der Waals surface area (Å²) in [4.78, 5) is 11.9. The third kappa shape index (κ3) is 6.40. The maximum atomic E-state index is 12.2. The van der Waals surface area contributed by atoms with Gasteiger partial charge in [0.15, 0.2) is 0 Å². The molecule has 1 aromatic rings. The third-order valence-corrected chi connectivity index (χ3v) is 4.92. The van der Waals surface area contributed by atoms with E-state index in [0.29, 0.717) is 18.2 Å². The van der Waals surface area contributed by atoms with Gasteiger partial charge in [0.05, 0.1) is 6.61 Å². The average molecular weight is 311 g/mol. The number of hydrogen-bond donors (Lipinski definition) is 2. The molecule has 0 saturated carbocycles. The van der Waals surface area contributed by atoms with E-state index >= 15 is 0 Å². The summed E-state index contributed by atoms with van der Waals surface area (Å²) in [5.74, 6) is 0.738. The van der Waals surface area contributed by atoms with Crippen LogP contribution in [-0.4, -0.2) is 27.0 Å². The van der Waals surface area contributed by atoms with Gasteiger partial charge in [-0.25, -0.2) is 0 Å². The number of hydrogen-bond acceptors (Lipinski definition) is 3. The summed E-state index contributed by atoms with van der Waals surface area (Å²) in [7, 11) is -1.24. The fraction of sp³-hybridized carbons (Fsp3) is 0.562. The number of aliphatic hydroxyl groups is 1. The fourth-order valence-corrected chi connectivity index (χ4v) is 2.87. The lowest BCUT2D eigenvalue weighted by Gasteiger charge is -2.13. The minimum atomic E-state index is -1.24. The summed E-state index contributed by atoms with van der Waals surface area (Å²) in [5.41, 5.74) is 1.73. The van der Waals surface area contributed by atoms with Crippen LogP contribution < -0.4 is 5.32 Å². The first kappa shape index (κ1) is 17.9. The molecule has 0 aromatic heterocycles. The van der Waals surface area contributed by atoms with E-state index in [-0.39, 0.29) is 12.5 Å². The van der Waals surface area contributed by atoms with Gasteiger partial charge in [-0.2, -0.15) is 0 Å². The molecule has 0 fully saturated rings. The Labute approximate surface area is 129 Å². The number of rotatable bonds is 8. The van der Waals surface area contributed by atoms with E-state index in [1.165, 1.54) is 0 Å². The molecule has 118 valence electrons. The first-order valence-electron chi connectivity index (χ1n) is 7.27. The van der Waals surface area contributed by atoms with Gasteiger partial charge in [-0.3, -0.25) is 9.00 Å². The molecule has 0 radical (unpaired) electrons. The highest BCUT2D eigenvalue weighted by Crippen LogP contribution is 2.10. The average Bonchev–Trinajstić information content (AvgIpc) is 2.46. The van der Waals surface area contributed by atoms with Crippen LogP contribution in [0.15, 0.2) is 24.3 Å². The molecule has 5 heteroatoms. The molecule has 0 bridgehead atoms. The quantitative estimate of drug-likeness (QED) is 0.771. The van der Waals surface area contributed by atoms with Gasteiger partial charge in [0.1, 0.15) is 5.25 Å². The molecule has 0 aliphatic carbocycles. The maximum Gasteiger partial charge on any atom is 0.235 e. The molecule has 0 spiro atoms. The molecule has 2 N–H and O–H groups in total. The molecule has 2 atom stereocenters. The van der Waals surface area contributed by atoms with Crippen LogP contribution >= 0.6 is 0 Å². The van der Waals surface area contributed by atoms with Gasteiger partial charge in [-0.05, 0) is 30.4 Å². The monoisotopic (exact) mass is 311 g/mol. The van der Waals surface area contributed by atoms with Gasteiger partial charge in [0, 0.05) is 23.1 Å². The molecule has 2 unspecified atom stereocenters. The first-order chi connectivity index (χ1) is 9.93. The number of benzene rings is 1. The third-order valence-electron chi connectivity index (χ3n) is 3.30. The van der Waals surface area contributed by atoms with Crippen LogP contribution in [0.1, 0.15) is 38.3 Å². The second-order valence-corrected chi connectivity index (χ2v) is 7.37. The van der Waals surface area contributed by atoms with Gasteiger partial charge in [-0.1, -0.05) is 38.1 Å². The predicted molar refractivity (Wildman–Crippen MR) is 86.1 cm³/mol. The highest BCUT2D eigenvalue weighted by Gasteiger charge is 2.19. The lowest BCUT2D eigenvalue weighted by atomic mass is 10.1.